The van der Waals surface area contributed by atoms with Crippen LogP contribution >= 0.6 is 0 Å². The van der Waals surface area contributed by atoms with Gasteiger partial charge >= 0.3 is 5.97 Å². The summed E-state index contributed by atoms with van der Waals surface area (Å²) < 4.78 is 28.9. The van der Waals surface area contributed by atoms with E-state index >= 15 is 0 Å². The van der Waals surface area contributed by atoms with Crippen LogP contribution in [0, 0.1) is 11.6 Å². The van der Waals surface area contributed by atoms with Crippen LogP contribution in [0.3, 0.4) is 0 Å². The molecule has 0 amide bonds. The summed E-state index contributed by atoms with van der Waals surface area (Å²) in [5, 5.41) is 8.44. The van der Waals surface area contributed by atoms with Crippen LogP contribution in [0.4, 0.5) is 8.78 Å². The third-order valence-electron chi connectivity index (χ3n) is 3.27. The number of allylic oxidation sites excluding steroid dienone is 1. The molecule has 0 unspecified atom stereocenters. The SMILES string of the molecule is O=C(/C=C/c1cccn1Cc1c(F)cccc1F)CC(=O)C(=O)O. The molecular formula is C17H13F2NO4. The molecule has 0 atom stereocenters. The number of carbonyl (C=O) groups excluding carboxylic acids is 2. The number of Topliss-reactive ketones (excluding diaryl/α,β-unsaturated/α-hetero) is 1. The predicted octanol–water partition coefficient (Wildman–Crippen LogP) is 2.44. The van der Waals surface area contributed by atoms with Crippen LogP contribution in [0.1, 0.15) is 17.7 Å². The summed E-state index contributed by atoms with van der Waals surface area (Å²) in [6.45, 7) is -0.0760. The molecule has 2 rings (SSSR count). The number of hydrogen-bond donors (Lipinski definition) is 1. The van der Waals surface area contributed by atoms with Gasteiger partial charge in [0.15, 0.2) is 5.78 Å². The molecule has 1 N–H and O–H groups in total. The first kappa shape index (κ1) is 17.3. The molecule has 0 aliphatic heterocycles. The van der Waals surface area contributed by atoms with Gasteiger partial charge in [-0.15, -0.1) is 0 Å². The molecule has 0 spiro atoms. The number of benzene rings is 1. The minimum Gasteiger partial charge on any atom is -0.475 e. The molecule has 1 aromatic carbocycles. The Morgan fingerprint density at radius 2 is 1.75 bits per heavy atom. The molecule has 1 heterocycles. The minimum absolute atomic E-state index is 0.0760. The average molecular weight is 333 g/mol. The lowest BCUT2D eigenvalue weighted by Crippen LogP contribution is -2.15. The zero-order chi connectivity index (χ0) is 17.7. The molecule has 0 bridgehead atoms. The van der Waals surface area contributed by atoms with Crippen molar-refractivity contribution in [3.05, 3.63) is 65.5 Å². The minimum atomic E-state index is -1.67. The maximum absolute atomic E-state index is 13.7. The van der Waals surface area contributed by atoms with Gasteiger partial charge < -0.3 is 9.67 Å². The Balaban J connectivity index is 2.13. The van der Waals surface area contributed by atoms with E-state index in [0.717, 1.165) is 18.2 Å². The van der Waals surface area contributed by atoms with Gasteiger partial charge in [0.25, 0.3) is 0 Å². The van der Waals surface area contributed by atoms with E-state index in [2.05, 4.69) is 0 Å². The van der Waals surface area contributed by atoms with Crippen LogP contribution in [-0.2, 0) is 20.9 Å². The predicted molar refractivity (Wildman–Crippen MR) is 81.2 cm³/mol. The van der Waals surface area contributed by atoms with Crippen molar-refractivity contribution in [2.45, 2.75) is 13.0 Å². The van der Waals surface area contributed by atoms with E-state index in [4.69, 9.17) is 5.11 Å². The van der Waals surface area contributed by atoms with Gasteiger partial charge in [-0.2, -0.15) is 0 Å². The Kier molecular flexibility index (Phi) is 5.36. The van der Waals surface area contributed by atoms with Gasteiger partial charge in [0.2, 0.25) is 5.78 Å². The Morgan fingerprint density at radius 1 is 1.08 bits per heavy atom. The van der Waals surface area contributed by atoms with Gasteiger partial charge in [-0.1, -0.05) is 6.07 Å². The first-order valence-corrected chi connectivity index (χ1v) is 6.93. The van der Waals surface area contributed by atoms with Crippen molar-refractivity contribution < 1.29 is 28.3 Å². The van der Waals surface area contributed by atoms with E-state index in [0.29, 0.717) is 5.69 Å². The number of ketones is 2. The molecule has 0 aliphatic carbocycles. The quantitative estimate of drug-likeness (QED) is 0.480. The number of rotatable bonds is 7. The summed E-state index contributed by atoms with van der Waals surface area (Å²) >= 11 is 0. The maximum atomic E-state index is 13.7. The maximum Gasteiger partial charge on any atom is 0.372 e. The number of hydrogen-bond acceptors (Lipinski definition) is 3. The standard InChI is InChI=1S/C17H13F2NO4/c18-14-4-1-5-15(19)13(14)10-20-8-2-3-11(20)6-7-12(21)9-16(22)17(23)24/h1-8H,9-10H2,(H,23,24)/b7-6+. The first-order valence-electron chi connectivity index (χ1n) is 6.93. The van der Waals surface area contributed by atoms with Crippen molar-refractivity contribution >= 4 is 23.6 Å². The Hall–Kier alpha value is -3.09. The molecule has 2 aromatic rings. The van der Waals surface area contributed by atoms with Crippen molar-refractivity contribution in [1.82, 2.24) is 4.57 Å². The van der Waals surface area contributed by atoms with E-state index in [-0.39, 0.29) is 12.1 Å². The van der Waals surface area contributed by atoms with Gasteiger partial charge in [-0.25, -0.2) is 13.6 Å². The highest BCUT2D eigenvalue weighted by molar-refractivity contribution is 6.37. The van der Waals surface area contributed by atoms with Crippen molar-refractivity contribution in [3.63, 3.8) is 0 Å². The third-order valence-corrected chi connectivity index (χ3v) is 3.27. The Morgan fingerprint density at radius 3 is 2.38 bits per heavy atom. The first-order chi connectivity index (χ1) is 11.4. The van der Waals surface area contributed by atoms with Crippen molar-refractivity contribution in [1.29, 1.82) is 0 Å². The number of aliphatic carboxylic acids is 1. The second-order valence-electron chi connectivity index (χ2n) is 4.97. The lowest BCUT2D eigenvalue weighted by Gasteiger charge is -2.08. The average Bonchev–Trinajstić information content (AvgIpc) is 2.96. The molecule has 7 heteroatoms. The molecule has 24 heavy (non-hydrogen) atoms. The summed E-state index contributed by atoms with van der Waals surface area (Å²) in [6.07, 6.45) is 3.26. The van der Waals surface area contributed by atoms with E-state index < -0.39 is 35.6 Å². The van der Waals surface area contributed by atoms with Crippen molar-refractivity contribution in [3.8, 4) is 0 Å². The molecule has 0 radical (unpaired) electrons. The highest BCUT2D eigenvalue weighted by Crippen LogP contribution is 2.16. The molecular weight excluding hydrogens is 320 g/mol. The third kappa shape index (κ3) is 4.22. The van der Waals surface area contributed by atoms with Gasteiger partial charge in [-0.3, -0.25) is 9.59 Å². The van der Waals surface area contributed by atoms with Crippen LogP contribution in [-0.4, -0.2) is 27.2 Å². The normalized spacial score (nSPS) is 10.9. The Labute approximate surface area is 135 Å². The number of carbonyl (C=O) groups is 3. The van der Waals surface area contributed by atoms with E-state index in [1.54, 1.807) is 18.3 Å². The van der Waals surface area contributed by atoms with Gasteiger partial charge in [0.1, 0.15) is 11.6 Å². The monoisotopic (exact) mass is 333 g/mol. The van der Waals surface area contributed by atoms with Gasteiger partial charge in [0.05, 0.1) is 13.0 Å². The number of halogens is 2. The fourth-order valence-corrected chi connectivity index (χ4v) is 2.05. The van der Waals surface area contributed by atoms with Gasteiger partial charge in [-0.05, 0) is 36.4 Å². The molecule has 124 valence electrons. The van der Waals surface area contributed by atoms with E-state index in [9.17, 15) is 23.2 Å². The van der Waals surface area contributed by atoms with Crippen molar-refractivity contribution in [2.75, 3.05) is 0 Å². The highest BCUT2D eigenvalue weighted by atomic mass is 19.1. The summed E-state index contributed by atoms with van der Waals surface area (Å²) in [7, 11) is 0. The summed E-state index contributed by atoms with van der Waals surface area (Å²) in [5.41, 5.74) is 0.365. The number of carboxylic acids is 1. The lowest BCUT2D eigenvalue weighted by atomic mass is 10.1. The second-order valence-corrected chi connectivity index (χ2v) is 4.97. The summed E-state index contributed by atoms with van der Waals surface area (Å²) in [5.74, 6) is -4.90. The fraction of sp³-hybridized carbons (Fsp3) is 0.118. The summed E-state index contributed by atoms with van der Waals surface area (Å²) in [6, 6.07) is 6.81. The van der Waals surface area contributed by atoms with Crippen LogP contribution in [0.5, 0.6) is 0 Å². The molecule has 0 saturated carbocycles. The fourth-order valence-electron chi connectivity index (χ4n) is 2.05. The van der Waals surface area contributed by atoms with Crippen molar-refractivity contribution in [2.24, 2.45) is 0 Å². The largest absolute Gasteiger partial charge is 0.475 e. The highest BCUT2D eigenvalue weighted by Gasteiger charge is 2.15. The zero-order valence-corrected chi connectivity index (χ0v) is 12.4. The molecule has 1 aromatic heterocycles. The molecule has 0 aliphatic rings. The second kappa shape index (κ2) is 7.45. The number of carboxylic acid groups (broad SMARTS) is 1. The molecule has 0 fully saturated rings. The number of nitrogens with zero attached hydrogens (tertiary/aromatic N) is 1. The smallest absolute Gasteiger partial charge is 0.372 e. The van der Waals surface area contributed by atoms with Gasteiger partial charge in [0, 0.05) is 17.5 Å². The van der Waals surface area contributed by atoms with E-state index in [1.165, 1.54) is 16.7 Å². The van der Waals surface area contributed by atoms with Crippen LogP contribution in [0.15, 0.2) is 42.6 Å². The molecule has 0 saturated heterocycles. The summed E-state index contributed by atoms with van der Waals surface area (Å²) in [4.78, 5) is 32.9. The molecule has 5 nitrogen and oxygen atoms in total. The van der Waals surface area contributed by atoms with E-state index in [1.807, 2.05) is 0 Å². The zero-order valence-electron chi connectivity index (χ0n) is 12.4. The topological polar surface area (TPSA) is 76.4 Å². The van der Waals surface area contributed by atoms with Crippen LogP contribution in [0.25, 0.3) is 6.08 Å². The Bertz CT molecular complexity index is 803. The lowest BCUT2D eigenvalue weighted by molar-refractivity contribution is -0.149. The van der Waals surface area contributed by atoms with Crippen LogP contribution < -0.4 is 0 Å². The number of aromatic nitrogens is 1. The van der Waals surface area contributed by atoms with Crippen LogP contribution in [0.2, 0.25) is 0 Å².